The summed E-state index contributed by atoms with van der Waals surface area (Å²) in [5, 5.41) is 8.89. The van der Waals surface area contributed by atoms with Crippen molar-refractivity contribution in [1.82, 2.24) is 0 Å². The number of fused-ring (bicyclic) bond motifs is 1. The van der Waals surface area contributed by atoms with Crippen LogP contribution in [0.5, 0.6) is 0 Å². The van der Waals surface area contributed by atoms with E-state index in [1.165, 1.54) is 6.07 Å². The molecule has 0 aliphatic carbocycles. The Hall–Kier alpha value is -1.76. The highest BCUT2D eigenvalue weighted by atomic mass is 19.4. The summed E-state index contributed by atoms with van der Waals surface area (Å²) in [4.78, 5) is 12.7. The molecule has 1 aromatic rings. The van der Waals surface area contributed by atoms with Gasteiger partial charge in [-0.2, -0.15) is 13.2 Å². The van der Waals surface area contributed by atoms with Gasteiger partial charge in [-0.15, -0.1) is 0 Å². The van der Waals surface area contributed by atoms with Crippen LogP contribution in [-0.4, -0.2) is 43.6 Å². The van der Waals surface area contributed by atoms with E-state index < -0.39 is 18.8 Å². The van der Waals surface area contributed by atoms with E-state index in [1.807, 2.05) is 4.90 Å². The van der Waals surface area contributed by atoms with E-state index in [2.05, 4.69) is 4.74 Å². The van der Waals surface area contributed by atoms with E-state index in [-0.39, 0.29) is 12.2 Å². The summed E-state index contributed by atoms with van der Waals surface area (Å²) < 4.78 is 40.3. The number of aromatic carboxylic acids is 1. The molecule has 0 spiro atoms. The number of nitrogens with zero attached hydrogens (tertiary/aromatic N) is 1. The van der Waals surface area contributed by atoms with E-state index in [0.29, 0.717) is 19.5 Å². The molecule has 1 N–H and O–H groups in total. The minimum atomic E-state index is -4.31. The molecule has 0 unspecified atom stereocenters. The van der Waals surface area contributed by atoms with Gasteiger partial charge in [0.05, 0.1) is 12.2 Å². The third-order valence-corrected chi connectivity index (χ3v) is 3.09. The predicted octanol–water partition coefficient (Wildman–Crippen LogP) is 2.33. The number of benzene rings is 1. The monoisotopic (exact) mass is 289 g/mol. The number of carbonyl (C=O) groups is 1. The second kappa shape index (κ2) is 5.70. The molecule has 0 aromatic heterocycles. The molecular formula is C13H14F3NO3. The van der Waals surface area contributed by atoms with Crippen LogP contribution in [0.25, 0.3) is 0 Å². The van der Waals surface area contributed by atoms with Gasteiger partial charge in [-0.3, -0.25) is 0 Å². The first-order valence-corrected chi connectivity index (χ1v) is 6.12. The SMILES string of the molecule is O=C(O)c1ccc2c(c1)CCN2CCOCC(F)(F)F. The molecule has 7 heteroatoms. The molecule has 110 valence electrons. The van der Waals surface area contributed by atoms with Crippen LogP contribution in [0.3, 0.4) is 0 Å². The van der Waals surface area contributed by atoms with Crippen LogP contribution in [0.2, 0.25) is 0 Å². The minimum absolute atomic E-state index is 0.0143. The van der Waals surface area contributed by atoms with Crippen LogP contribution < -0.4 is 4.90 Å². The van der Waals surface area contributed by atoms with Crippen molar-refractivity contribution in [3.8, 4) is 0 Å². The second-order valence-electron chi connectivity index (χ2n) is 4.55. The highest BCUT2D eigenvalue weighted by molar-refractivity contribution is 5.88. The first kappa shape index (κ1) is 14.6. The van der Waals surface area contributed by atoms with Crippen molar-refractivity contribution in [2.45, 2.75) is 12.6 Å². The van der Waals surface area contributed by atoms with Gasteiger partial charge in [0.15, 0.2) is 0 Å². The maximum Gasteiger partial charge on any atom is 0.411 e. The first-order chi connectivity index (χ1) is 9.37. The van der Waals surface area contributed by atoms with Crippen LogP contribution >= 0.6 is 0 Å². The van der Waals surface area contributed by atoms with Gasteiger partial charge in [-0.05, 0) is 30.2 Å². The molecule has 1 aromatic carbocycles. The number of rotatable bonds is 5. The molecule has 4 nitrogen and oxygen atoms in total. The lowest BCUT2D eigenvalue weighted by Gasteiger charge is -2.19. The van der Waals surface area contributed by atoms with Crippen LogP contribution in [0.4, 0.5) is 18.9 Å². The van der Waals surface area contributed by atoms with Gasteiger partial charge in [-0.25, -0.2) is 4.79 Å². The van der Waals surface area contributed by atoms with Crippen LogP contribution in [0.1, 0.15) is 15.9 Å². The molecular weight excluding hydrogens is 275 g/mol. The molecule has 20 heavy (non-hydrogen) atoms. The Morgan fingerprint density at radius 1 is 1.40 bits per heavy atom. The van der Waals surface area contributed by atoms with E-state index >= 15 is 0 Å². The molecule has 1 aliphatic heterocycles. The smallest absolute Gasteiger partial charge is 0.411 e. The topological polar surface area (TPSA) is 49.8 Å². The molecule has 0 amide bonds. The Kier molecular flexibility index (Phi) is 4.17. The Morgan fingerprint density at radius 2 is 2.15 bits per heavy atom. The highest BCUT2D eigenvalue weighted by Crippen LogP contribution is 2.28. The largest absolute Gasteiger partial charge is 0.478 e. The third-order valence-electron chi connectivity index (χ3n) is 3.09. The summed E-state index contributed by atoms with van der Waals surface area (Å²) in [6.45, 7) is -0.242. The average Bonchev–Trinajstić information content (AvgIpc) is 2.76. The predicted molar refractivity (Wildman–Crippen MR) is 66.2 cm³/mol. The van der Waals surface area contributed by atoms with Crippen molar-refractivity contribution in [3.63, 3.8) is 0 Å². The maximum absolute atomic E-state index is 11.9. The van der Waals surface area contributed by atoms with Crippen LogP contribution in [-0.2, 0) is 11.2 Å². The highest BCUT2D eigenvalue weighted by Gasteiger charge is 2.27. The number of halogens is 3. The number of alkyl halides is 3. The van der Waals surface area contributed by atoms with Crippen LogP contribution in [0, 0.1) is 0 Å². The van der Waals surface area contributed by atoms with Gasteiger partial charge in [0.25, 0.3) is 0 Å². The summed E-state index contributed by atoms with van der Waals surface area (Å²) in [7, 11) is 0. The van der Waals surface area contributed by atoms with Crippen molar-refractivity contribution in [2.24, 2.45) is 0 Å². The molecule has 0 saturated heterocycles. The van der Waals surface area contributed by atoms with Crippen LogP contribution in [0.15, 0.2) is 18.2 Å². The van der Waals surface area contributed by atoms with Gasteiger partial charge in [0.2, 0.25) is 0 Å². The number of hydrogen-bond acceptors (Lipinski definition) is 3. The van der Waals surface area contributed by atoms with Gasteiger partial charge in [-0.1, -0.05) is 0 Å². The summed E-state index contributed by atoms with van der Waals surface area (Å²) in [5.41, 5.74) is 1.99. The molecule has 0 atom stereocenters. The number of carboxylic acids is 1. The average molecular weight is 289 g/mol. The Balaban J connectivity index is 1.90. The van der Waals surface area contributed by atoms with Crippen molar-refractivity contribution in [2.75, 3.05) is 31.2 Å². The molecule has 1 aliphatic rings. The zero-order chi connectivity index (χ0) is 14.8. The Bertz CT molecular complexity index is 502. The minimum Gasteiger partial charge on any atom is -0.478 e. The summed E-state index contributed by atoms with van der Waals surface area (Å²) >= 11 is 0. The Labute approximate surface area is 113 Å². The molecule has 0 bridgehead atoms. The molecule has 1 heterocycles. The van der Waals surface area contributed by atoms with Gasteiger partial charge < -0.3 is 14.7 Å². The standard InChI is InChI=1S/C13H14F3NO3/c14-13(15,16)8-20-6-5-17-4-3-9-7-10(12(18)19)1-2-11(9)17/h1-2,7H,3-6,8H2,(H,18,19). The van der Waals surface area contributed by atoms with E-state index in [0.717, 1.165) is 11.3 Å². The lowest BCUT2D eigenvalue weighted by molar-refractivity contribution is -0.173. The fourth-order valence-electron chi connectivity index (χ4n) is 2.20. The van der Waals surface area contributed by atoms with Crippen molar-refractivity contribution < 1.29 is 27.8 Å². The number of hydrogen-bond donors (Lipinski definition) is 1. The summed E-state index contributed by atoms with van der Waals surface area (Å²) in [5.74, 6) is -0.986. The van der Waals surface area contributed by atoms with Crippen molar-refractivity contribution in [3.05, 3.63) is 29.3 Å². The zero-order valence-corrected chi connectivity index (χ0v) is 10.6. The van der Waals surface area contributed by atoms with Crippen molar-refractivity contribution in [1.29, 1.82) is 0 Å². The fraction of sp³-hybridized carbons (Fsp3) is 0.462. The quantitative estimate of drug-likeness (QED) is 0.845. The number of anilines is 1. The summed E-state index contributed by atoms with van der Waals surface area (Å²) in [6, 6.07) is 4.79. The molecule has 0 saturated carbocycles. The van der Waals surface area contributed by atoms with Gasteiger partial charge >= 0.3 is 12.1 Å². The fourth-order valence-corrected chi connectivity index (χ4v) is 2.20. The first-order valence-electron chi connectivity index (χ1n) is 6.12. The zero-order valence-electron chi connectivity index (χ0n) is 10.6. The van der Waals surface area contributed by atoms with E-state index in [1.54, 1.807) is 12.1 Å². The molecule has 2 rings (SSSR count). The second-order valence-corrected chi connectivity index (χ2v) is 4.55. The van der Waals surface area contributed by atoms with Crippen molar-refractivity contribution >= 4 is 11.7 Å². The Morgan fingerprint density at radius 3 is 2.80 bits per heavy atom. The maximum atomic E-state index is 11.9. The number of ether oxygens (including phenoxy) is 1. The van der Waals surface area contributed by atoms with E-state index in [9.17, 15) is 18.0 Å². The third kappa shape index (κ3) is 3.63. The van der Waals surface area contributed by atoms with Gasteiger partial charge in [0.1, 0.15) is 6.61 Å². The number of carboxylic acid groups (broad SMARTS) is 1. The van der Waals surface area contributed by atoms with E-state index in [4.69, 9.17) is 5.11 Å². The normalized spacial score (nSPS) is 14.4. The summed E-state index contributed by atoms with van der Waals surface area (Å²) in [6.07, 6.45) is -3.62. The van der Waals surface area contributed by atoms with Gasteiger partial charge in [0, 0.05) is 18.8 Å². The lowest BCUT2D eigenvalue weighted by Crippen LogP contribution is -2.27. The molecule has 0 fully saturated rings. The lowest BCUT2D eigenvalue weighted by atomic mass is 10.1. The molecule has 0 radical (unpaired) electrons.